The van der Waals surface area contributed by atoms with Gasteiger partial charge in [0, 0.05) is 18.6 Å². The zero-order chi connectivity index (χ0) is 12.5. The summed E-state index contributed by atoms with van der Waals surface area (Å²) in [5, 5.41) is 0. The minimum Gasteiger partial charge on any atom is -0.329 e. The van der Waals surface area contributed by atoms with Gasteiger partial charge in [0.15, 0.2) is 0 Å². The van der Waals surface area contributed by atoms with Gasteiger partial charge in [-0.2, -0.15) is 0 Å². The lowest BCUT2D eigenvalue weighted by Gasteiger charge is -2.46. The molecule has 0 amide bonds. The van der Waals surface area contributed by atoms with Crippen molar-refractivity contribution in [1.29, 1.82) is 0 Å². The molecule has 0 aromatic rings. The van der Waals surface area contributed by atoms with Crippen LogP contribution < -0.4 is 5.73 Å². The molecule has 1 saturated heterocycles. The Labute approximate surface area is 107 Å². The van der Waals surface area contributed by atoms with Crippen LogP contribution in [0.1, 0.15) is 59.3 Å². The van der Waals surface area contributed by atoms with Crippen molar-refractivity contribution in [1.82, 2.24) is 4.90 Å². The molecule has 0 aromatic carbocycles. The van der Waals surface area contributed by atoms with Gasteiger partial charge in [-0.05, 0) is 43.6 Å². The number of nitrogens with two attached hydrogens (primary N) is 1. The van der Waals surface area contributed by atoms with Crippen molar-refractivity contribution in [2.24, 2.45) is 17.1 Å². The molecule has 0 aromatic heterocycles. The standard InChI is InChI=1S/C15H30N2/c1-15(2,3)13-8-4-5-9-14(13)17-10-6-7-12(17)11-16/h12-14H,4-11,16H2,1-3H3. The highest BCUT2D eigenvalue weighted by Crippen LogP contribution is 2.42. The van der Waals surface area contributed by atoms with E-state index in [1.807, 2.05) is 0 Å². The number of hydrogen-bond acceptors (Lipinski definition) is 2. The van der Waals surface area contributed by atoms with Crippen LogP contribution in [-0.4, -0.2) is 30.1 Å². The second kappa shape index (κ2) is 5.27. The van der Waals surface area contributed by atoms with Crippen molar-refractivity contribution >= 4 is 0 Å². The molecular formula is C15H30N2. The fraction of sp³-hybridized carbons (Fsp3) is 1.00. The summed E-state index contributed by atoms with van der Waals surface area (Å²) in [6, 6.07) is 1.47. The summed E-state index contributed by atoms with van der Waals surface area (Å²) >= 11 is 0. The molecular weight excluding hydrogens is 208 g/mol. The number of nitrogens with zero attached hydrogens (tertiary/aromatic N) is 1. The van der Waals surface area contributed by atoms with E-state index in [9.17, 15) is 0 Å². The molecule has 0 radical (unpaired) electrons. The van der Waals surface area contributed by atoms with Gasteiger partial charge in [-0.3, -0.25) is 4.90 Å². The summed E-state index contributed by atoms with van der Waals surface area (Å²) in [6.07, 6.45) is 8.35. The van der Waals surface area contributed by atoms with Crippen LogP contribution in [0.3, 0.4) is 0 Å². The lowest BCUT2D eigenvalue weighted by Crippen LogP contribution is -2.50. The maximum absolute atomic E-state index is 5.94. The van der Waals surface area contributed by atoms with E-state index >= 15 is 0 Å². The van der Waals surface area contributed by atoms with Crippen LogP contribution in [0.25, 0.3) is 0 Å². The molecule has 1 saturated carbocycles. The Kier molecular flexibility index (Phi) is 4.14. The molecule has 2 aliphatic rings. The molecule has 3 atom stereocenters. The largest absolute Gasteiger partial charge is 0.329 e. The molecule has 2 rings (SSSR count). The van der Waals surface area contributed by atoms with Gasteiger partial charge in [-0.15, -0.1) is 0 Å². The predicted octanol–water partition coefficient (Wildman–Crippen LogP) is 3.01. The second-order valence-corrected chi connectivity index (χ2v) is 7.09. The topological polar surface area (TPSA) is 29.3 Å². The first kappa shape index (κ1) is 13.4. The Morgan fingerprint density at radius 3 is 2.41 bits per heavy atom. The smallest absolute Gasteiger partial charge is 0.0221 e. The van der Waals surface area contributed by atoms with Gasteiger partial charge >= 0.3 is 0 Å². The lowest BCUT2D eigenvalue weighted by atomic mass is 9.69. The van der Waals surface area contributed by atoms with E-state index in [1.165, 1.54) is 45.1 Å². The van der Waals surface area contributed by atoms with Crippen LogP contribution in [0.15, 0.2) is 0 Å². The fourth-order valence-electron chi connectivity index (χ4n) is 4.07. The Morgan fingerprint density at radius 2 is 1.76 bits per heavy atom. The monoisotopic (exact) mass is 238 g/mol. The summed E-state index contributed by atoms with van der Waals surface area (Å²) in [5.41, 5.74) is 6.39. The highest BCUT2D eigenvalue weighted by molar-refractivity contribution is 4.94. The van der Waals surface area contributed by atoms with Crippen molar-refractivity contribution in [2.75, 3.05) is 13.1 Å². The Hall–Kier alpha value is -0.0800. The van der Waals surface area contributed by atoms with Gasteiger partial charge in [-0.25, -0.2) is 0 Å². The molecule has 1 aliphatic carbocycles. The van der Waals surface area contributed by atoms with E-state index in [1.54, 1.807) is 0 Å². The summed E-state index contributed by atoms with van der Waals surface area (Å²) in [6.45, 7) is 9.41. The number of hydrogen-bond donors (Lipinski definition) is 1. The maximum Gasteiger partial charge on any atom is 0.0221 e. The molecule has 2 fully saturated rings. The normalized spacial score (nSPS) is 36.4. The molecule has 0 bridgehead atoms. The fourth-order valence-corrected chi connectivity index (χ4v) is 4.07. The first-order chi connectivity index (χ1) is 8.04. The van der Waals surface area contributed by atoms with E-state index in [2.05, 4.69) is 25.7 Å². The zero-order valence-electron chi connectivity index (χ0n) is 11.9. The van der Waals surface area contributed by atoms with Gasteiger partial charge < -0.3 is 5.73 Å². The Balaban J connectivity index is 2.10. The average molecular weight is 238 g/mol. The van der Waals surface area contributed by atoms with Crippen LogP contribution in [0.5, 0.6) is 0 Å². The molecule has 3 unspecified atom stereocenters. The van der Waals surface area contributed by atoms with Crippen LogP contribution in [0.2, 0.25) is 0 Å². The van der Waals surface area contributed by atoms with Crippen LogP contribution >= 0.6 is 0 Å². The van der Waals surface area contributed by atoms with Crippen molar-refractivity contribution in [3.05, 3.63) is 0 Å². The van der Waals surface area contributed by atoms with E-state index < -0.39 is 0 Å². The Bertz CT molecular complexity index is 244. The van der Waals surface area contributed by atoms with Gasteiger partial charge in [-0.1, -0.05) is 33.6 Å². The third-order valence-electron chi connectivity index (χ3n) is 4.96. The molecule has 100 valence electrons. The van der Waals surface area contributed by atoms with Crippen LogP contribution in [0, 0.1) is 11.3 Å². The van der Waals surface area contributed by atoms with Crippen molar-refractivity contribution in [3.63, 3.8) is 0 Å². The van der Waals surface area contributed by atoms with Gasteiger partial charge in [0.1, 0.15) is 0 Å². The second-order valence-electron chi connectivity index (χ2n) is 7.09. The van der Waals surface area contributed by atoms with E-state index in [0.717, 1.165) is 18.5 Å². The van der Waals surface area contributed by atoms with Gasteiger partial charge in [0.25, 0.3) is 0 Å². The average Bonchev–Trinajstić information content (AvgIpc) is 2.75. The highest BCUT2D eigenvalue weighted by Gasteiger charge is 2.40. The van der Waals surface area contributed by atoms with E-state index in [0.29, 0.717) is 11.5 Å². The van der Waals surface area contributed by atoms with E-state index in [-0.39, 0.29) is 0 Å². The zero-order valence-corrected chi connectivity index (χ0v) is 11.9. The molecule has 2 nitrogen and oxygen atoms in total. The number of likely N-dealkylation sites (tertiary alicyclic amines) is 1. The maximum atomic E-state index is 5.94. The minimum atomic E-state index is 0.451. The van der Waals surface area contributed by atoms with Crippen molar-refractivity contribution in [2.45, 2.75) is 71.4 Å². The Morgan fingerprint density at radius 1 is 1.06 bits per heavy atom. The predicted molar refractivity (Wildman–Crippen MR) is 74.0 cm³/mol. The van der Waals surface area contributed by atoms with Crippen LogP contribution in [-0.2, 0) is 0 Å². The molecule has 17 heavy (non-hydrogen) atoms. The molecule has 2 N–H and O–H groups in total. The molecule has 1 aliphatic heterocycles. The summed E-state index contributed by atoms with van der Waals surface area (Å²) in [5.74, 6) is 0.864. The molecule has 0 spiro atoms. The minimum absolute atomic E-state index is 0.451. The quantitative estimate of drug-likeness (QED) is 0.801. The summed E-state index contributed by atoms with van der Waals surface area (Å²) < 4.78 is 0. The first-order valence-electron chi connectivity index (χ1n) is 7.50. The first-order valence-corrected chi connectivity index (χ1v) is 7.50. The summed E-state index contributed by atoms with van der Waals surface area (Å²) in [7, 11) is 0. The van der Waals surface area contributed by atoms with Crippen molar-refractivity contribution < 1.29 is 0 Å². The third-order valence-corrected chi connectivity index (χ3v) is 4.96. The number of rotatable bonds is 2. The van der Waals surface area contributed by atoms with Gasteiger partial charge in [0.2, 0.25) is 0 Å². The van der Waals surface area contributed by atoms with Gasteiger partial charge in [0.05, 0.1) is 0 Å². The SMILES string of the molecule is CC(C)(C)C1CCCCC1N1CCCC1CN. The molecule has 1 heterocycles. The highest BCUT2D eigenvalue weighted by atomic mass is 15.2. The van der Waals surface area contributed by atoms with E-state index in [4.69, 9.17) is 5.73 Å². The van der Waals surface area contributed by atoms with Crippen molar-refractivity contribution in [3.8, 4) is 0 Å². The third kappa shape index (κ3) is 2.85. The lowest BCUT2D eigenvalue weighted by molar-refractivity contribution is 0.0356. The summed E-state index contributed by atoms with van der Waals surface area (Å²) in [4.78, 5) is 2.76. The molecule has 2 heteroatoms. The van der Waals surface area contributed by atoms with Crippen LogP contribution in [0.4, 0.5) is 0 Å².